The van der Waals surface area contributed by atoms with Crippen molar-refractivity contribution in [2.24, 2.45) is 5.92 Å². The Morgan fingerprint density at radius 2 is 1.82 bits per heavy atom. The van der Waals surface area contributed by atoms with Gasteiger partial charge in [0.2, 0.25) is 0 Å². The van der Waals surface area contributed by atoms with Crippen molar-refractivity contribution in [2.75, 3.05) is 0 Å². The lowest BCUT2D eigenvalue weighted by atomic mass is 9.97. The summed E-state index contributed by atoms with van der Waals surface area (Å²) in [7, 11) is 0. The molecule has 0 aliphatic heterocycles. The first-order chi connectivity index (χ1) is 7.55. The van der Waals surface area contributed by atoms with Gasteiger partial charge in [0.05, 0.1) is 0 Å². The number of carboxylic acid groups (broad SMARTS) is 1. The summed E-state index contributed by atoms with van der Waals surface area (Å²) in [5.74, 6) is -3.70. The molecule has 4 nitrogen and oxygen atoms in total. The average Bonchev–Trinajstić information content (AvgIpc) is 2.14. The topological polar surface area (TPSA) is 66.4 Å². The highest BCUT2D eigenvalue weighted by Crippen LogP contribution is 2.18. The molecule has 0 aromatic rings. The Morgan fingerprint density at radius 1 is 1.35 bits per heavy atom. The second-order valence-electron chi connectivity index (χ2n) is 3.93. The van der Waals surface area contributed by atoms with Crippen molar-refractivity contribution < 1.29 is 27.9 Å². The van der Waals surface area contributed by atoms with Gasteiger partial charge in [0.1, 0.15) is 0 Å². The van der Waals surface area contributed by atoms with Gasteiger partial charge in [0.15, 0.2) is 0 Å². The lowest BCUT2D eigenvalue weighted by molar-refractivity contribution is -0.174. The molecule has 17 heavy (non-hydrogen) atoms. The van der Waals surface area contributed by atoms with Crippen molar-refractivity contribution in [3.63, 3.8) is 0 Å². The monoisotopic (exact) mass is 253 g/mol. The maximum atomic E-state index is 12.0. The van der Waals surface area contributed by atoms with E-state index in [1.807, 2.05) is 0 Å². The van der Waals surface area contributed by atoms with Gasteiger partial charge in [-0.05, 0) is 12.3 Å². The Balaban J connectivity index is 4.62. The second-order valence-corrected chi connectivity index (χ2v) is 3.93. The third kappa shape index (κ3) is 5.37. The Morgan fingerprint density at radius 3 is 2.12 bits per heavy atom. The largest absolute Gasteiger partial charge is 0.478 e. The number of nitrogens with one attached hydrogen (secondary N) is 1. The van der Waals surface area contributed by atoms with Gasteiger partial charge in [-0.25, -0.2) is 4.79 Å². The van der Waals surface area contributed by atoms with Crippen LogP contribution in [0.25, 0.3) is 0 Å². The summed E-state index contributed by atoms with van der Waals surface area (Å²) in [5.41, 5.74) is -0.244. The summed E-state index contributed by atoms with van der Waals surface area (Å²) >= 11 is 0. The zero-order valence-electron chi connectivity index (χ0n) is 9.47. The minimum atomic E-state index is -4.97. The lowest BCUT2D eigenvalue weighted by Gasteiger charge is -2.22. The summed E-state index contributed by atoms with van der Waals surface area (Å²) in [4.78, 5) is 21.2. The molecule has 0 aromatic carbocycles. The third-order valence-corrected chi connectivity index (χ3v) is 2.15. The highest BCUT2D eigenvalue weighted by molar-refractivity contribution is 5.86. The van der Waals surface area contributed by atoms with E-state index in [0.29, 0.717) is 0 Å². The summed E-state index contributed by atoms with van der Waals surface area (Å²) < 4.78 is 36.1. The maximum absolute atomic E-state index is 12.0. The molecule has 0 rings (SSSR count). The highest BCUT2D eigenvalue weighted by atomic mass is 19.4. The number of rotatable bonds is 5. The number of halogens is 3. The third-order valence-electron chi connectivity index (χ3n) is 2.15. The molecule has 1 amide bonds. The Hall–Kier alpha value is -1.53. The van der Waals surface area contributed by atoms with Gasteiger partial charge in [-0.1, -0.05) is 20.4 Å². The normalized spacial score (nSPS) is 13.3. The van der Waals surface area contributed by atoms with Crippen LogP contribution in [0.5, 0.6) is 0 Å². The van der Waals surface area contributed by atoms with Crippen LogP contribution in [0.4, 0.5) is 13.2 Å². The molecule has 0 fully saturated rings. The summed E-state index contributed by atoms with van der Waals surface area (Å²) in [6.45, 7) is 6.37. The number of hydrogen-bond acceptors (Lipinski definition) is 2. The Kier molecular flexibility index (Phi) is 5.18. The number of amides is 1. The van der Waals surface area contributed by atoms with E-state index in [4.69, 9.17) is 5.11 Å². The molecular weight excluding hydrogens is 239 g/mol. The van der Waals surface area contributed by atoms with Crippen LogP contribution in [0.3, 0.4) is 0 Å². The van der Waals surface area contributed by atoms with Crippen LogP contribution in [0, 0.1) is 5.92 Å². The minimum Gasteiger partial charge on any atom is -0.478 e. The first-order valence-corrected chi connectivity index (χ1v) is 4.84. The molecule has 0 saturated heterocycles. The van der Waals surface area contributed by atoms with Gasteiger partial charge >= 0.3 is 18.1 Å². The van der Waals surface area contributed by atoms with E-state index in [-0.39, 0.29) is 17.9 Å². The number of carboxylic acids is 1. The number of hydrogen-bond donors (Lipinski definition) is 2. The smallest absolute Gasteiger partial charge is 0.471 e. The number of aliphatic carboxylic acids is 1. The molecule has 2 N–H and O–H groups in total. The van der Waals surface area contributed by atoms with E-state index >= 15 is 0 Å². The van der Waals surface area contributed by atoms with Crippen LogP contribution >= 0.6 is 0 Å². The van der Waals surface area contributed by atoms with Gasteiger partial charge in [0, 0.05) is 11.6 Å². The van der Waals surface area contributed by atoms with Crippen LogP contribution in [0.15, 0.2) is 12.2 Å². The fraction of sp³-hybridized carbons (Fsp3) is 0.600. The van der Waals surface area contributed by atoms with Crippen molar-refractivity contribution in [3.05, 3.63) is 12.2 Å². The number of carbonyl (C=O) groups excluding carboxylic acids is 1. The van der Waals surface area contributed by atoms with E-state index in [9.17, 15) is 22.8 Å². The molecule has 0 bridgehead atoms. The van der Waals surface area contributed by atoms with Crippen molar-refractivity contribution in [3.8, 4) is 0 Å². The van der Waals surface area contributed by atoms with Crippen molar-refractivity contribution in [1.82, 2.24) is 5.32 Å². The van der Waals surface area contributed by atoms with Crippen LogP contribution < -0.4 is 5.32 Å². The SMILES string of the molecule is C=C(C[C@H](NC(=O)C(F)(F)F)C(C)C)C(=O)O. The van der Waals surface area contributed by atoms with Gasteiger partial charge in [-0.2, -0.15) is 13.2 Å². The molecule has 0 unspecified atom stereocenters. The second kappa shape index (κ2) is 5.70. The van der Waals surface area contributed by atoms with E-state index in [2.05, 4.69) is 6.58 Å². The fourth-order valence-corrected chi connectivity index (χ4v) is 1.06. The van der Waals surface area contributed by atoms with Crippen molar-refractivity contribution in [1.29, 1.82) is 0 Å². The fourth-order valence-electron chi connectivity index (χ4n) is 1.06. The van der Waals surface area contributed by atoms with Crippen LogP contribution in [-0.2, 0) is 9.59 Å². The molecule has 0 aromatic heterocycles. The molecule has 1 atom stereocenters. The van der Waals surface area contributed by atoms with Gasteiger partial charge in [0.25, 0.3) is 0 Å². The van der Waals surface area contributed by atoms with E-state index in [0.717, 1.165) is 0 Å². The summed E-state index contributed by atoms with van der Waals surface area (Å²) in [5, 5.41) is 10.3. The van der Waals surface area contributed by atoms with E-state index in [1.54, 1.807) is 19.2 Å². The van der Waals surface area contributed by atoms with Gasteiger partial charge in [-0.15, -0.1) is 0 Å². The summed E-state index contributed by atoms with van der Waals surface area (Å²) in [6, 6.07) is -0.910. The van der Waals surface area contributed by atoms with Crippen molar-refractivity contribution in [2.45, 2.75) is 32.5 Å². The standard InChI is InChI=1S/C10H14F3NO3/c1-5(2)7(4-6(3)8(15)16)14-9(17)10(11,12)13/h5,7H,3-4H2,1-2H3,(H,14,17)(H,15,16)/t7-/m0/s1. The molecule has 7 heteroatoms. The van der Waals surface area contributed by atoms with E-state index < -0.39 is 24.1 Å². The molecular formula is C10H14F3NO3. The highest BCUT2D eigenvalue weighted by Gasteiger charge is 2.40. The summed E-state index contributed by atoms with van der Waals surface area (Å²) in [6.07, 6.45) is -5.20. The predicted molar refractivity (Wildman–Crippen MR) is 54.2 cm³/mol. The van der Waals surface area contributed by atoms with Crippen LogP contribution in [0.2, 0.25) is 0 Å². The van der Waals surface area contributed by atoms with Gasteiger partial charge < -0.3 is 10.4 Å². The molecule has 0 aliphatic carbocycles. The predicted octanol–water partition coefficient (Wildman–Crippen LogP) is 1.72. The lowest BCUT2D eigenvalue weighted by Crippen LogP contribution is -2.45. The molecule has 0 spiro atoms. The molecule has 0 aliphatic rings. The average molecular weight is 253 g/mol. The van der Waals surface area contributed by atoms with Crippen LogP contribution in [-0.4, -0.2) is 29.2 Å². The first kappa shape index (κ1) is 15.5. The molecule has 0 radical (unpaired) electrons. The Bertz CT molecular complexity index is 323. The zero-order valence-corrected chi connectivity index (χ0v) is 9.47. The van der Waals surface area contributed by atoms with E-state index in [1.165, 1.54) is 0 Å². The number of carbonyl (C=O) groups is 2. The first-order valence-electron chi connectivity index (χ1n) is 4.84. The Labute approximate surface area is 96.5 Å². The van der Waals surface area contributed by atoms with Crippen LogP contribution in [0.1, 0.15) is 20.3 Å². The van der Waals surface area contributed by atoms with Gasteiger partial charge in [-0.3, -0.25) is 4.79 Å². The minimum absolute atomic E-state index is 0.227. The quantitative estimate of drug-likeness (QED) is 0.733. The molecule has 98 valence electrons. The maximum Gasteiger partial charge on any atom is 0.471 e. The molecule has 0 saturated carbocycles. The van der Waals surface area contributed by atoms with Crippen molar-refractivity contribution >= 4 is 11.9 Å². The number of alkyl halides is 3. The molecule has 0 heterocycles. The zero-order chi connectivity index (χ0) is 13.8.